The Labute approximate surface area is 189 Å². The summed E-state index contributed by atoms with van der Waals surface area (Å²) in [4.78, 5) is 31.7. The molecule has 0 aliphatic carbocycles. The molecular formula is C18H14Br2F4N4O3. The lowest BCUT2D eigenvalue weighted by atomic mass is 10.2. The van der Waals surface area contributed by atoms with Crippen LogP contribution in [0.2, 0.25) is 0 Å². The van der Waals surface area contributed by atoms with Gasteiger partial charge in [-0.1, -0.05) is 12.1 Å². The molecule has 1 aromatic carbocycles. The molecule has 0 aliphatic heterocycles. The molecule has 0 unspecified atom stereocenters. The number of alkyl halides is 4. The van der Waals surface area contributed by atoms with E-state index in [0.29, 0.717) is 5.75 Å². The Balaban J connectivity index is 0.000000262. The van der Waals surface area contributed by atoms with Crippen LogP contribution < -0.4 is 15.9 Å². The molecule has 2 aromatic heterocycles. The first-order valence-corrected chi connectivity index (χ1v) is 9.91. The summed E-state index contributed by atoms with van der Waals surface area (Å²) in [5.41, 5.74) is -1.37. The lowest BCUT2D eigenvalue weighted by Crippen LogP contribution is -2.23. The molecular weight excluding hydrogens is 556 g/mol. The number of methoxy groups -OCH3 is 1. The van der Waals surface area contributed by atoms with E-state index in [1.807, 2.05) is 0 Å². The topological polar surface area (TPSA) is 89.9 Å². The Morgan fingerprint density at radius 2 is 1.58 bits per heavy atom. The van der Waals surface area contributed by atoms with Crippen molar-refractivity contribution in [1.29, 1.82) is 0 Å². The third kappa shape index (κ3) is 6.47. The number of hydrogen-bond donors (Lipinski definition) is 1. The van der Waals surface area contributed by atoms with Crippen molar-refractivity contribution >= 4 is 31.9 Å². The van der Waals surface area contributed by atoms with Crippen LogP contribution in [0.25, 0.3) is 0 Å². The van der Waals surface area contributed by atoms with Crippen LogP contribution in [-0.4, -0.2) is 26.6 Å². The standard InChI is InChI=1S/C13H11BrF2N2O2.C5H3BrF2N2O/c1-20-9-4-2-8(3-5-9)6-18-7-17-11(12(15)16)10(14)13(18)19;6-2-3(4(7)8)9-1-10-5(2)11/h2-5,7,12H,6H2,1H3;1,4H,(H,9,10,11). The number of nitrogens with zero attached hydrogens (tertiary/aromatic N) is 3. The minimum Gasteiger partial charge on any atom is -0.497 e. The maximum atomic E-state index is 12.6. The first kappa shape index (κ1) is 24.7. The van der Waals surface area contributed by atoms with E-state index < -0.39 is 35.4 Å². The van der Waals surface area contributed by atoms with E-state index in [2.05, 4.69) is 46.8 Å². The second kappa shape index (κ2) is 11.2. The molecule has 1 N–H and O–H groups in total. The van der Waals surface area contributed by atoms with Crippen LogP contribution in [0.1, 0.15) is 29.8 Å². The fraction of sp³-hybridized carbons (Fsp3) is 0.222. The molecule has 7 nitrogen and oxygen atoms in total. The Hall–Kier alpha value is -2.54. The largest absolute Gasteiger partial charge is 0.497 e. The number of nitrogens with one attached hydrogen (secondary N) is 1. The monoisotopic (exact) mass is 568 g/mol. The average Bonchev–Trinajstić information content (AvgIpc) is 2.74. The van der Waals surface area contributed by atoms with Gasteiger partial charge in [-0.3, -0.25) is 14.2 Å². The molecule has 0 bridgehead atoms. The lowest BCUT2D eigenvalue weighted by molar-refractivity contribution is 0.144. The van der Waals surface area contributed by atoms with Crippen LogP contribution in [0, 0.1) is 0 Å². The zero-order valence-corrected chi connectivity index (χ0v) is 18.8. The summed E-state index contributed by atoms with van der Waals surface area (Å²) in [6.07, 6.45) is -3.45. The number of H-pyrrole nitrogens is 1. The number of halogens is 6. The summed E-state index contributed by atoms with van der Waals surface area (Å²) in [6, 6.07) is 7.10. The minimum absolute atomic E-state index is 0.205. The lowest BCUT2D eigenvalue weighted by Gasteiger charge is -2.09. The van der Waals surface area contributed by atoms with Gasteiger partial charge in [-0.2, -0.15) is 0 Å². The smallest absolute Gasteiger partial charge is 0.281 e. The van der Waals surface area contributed by atoms with Crippen LogP contribution in [0.15, 0.2) is 55.5 Å². The van der Waals surface area contributed by atoms with Crippen molar-refractivity contribution in [3.8, 4) is 5.75 Å². The molecule has 0 atom stereocenters. The second-order valence-corrected chi connectivity index (χ2v) is 7.34. The summed E-state index contributed by atoms with van der Waals surface area (Å²) in [7, 11) is 1.56. The van der Waals surface area contributed by atoms with Crippen LogP contribution in [0.3, 0.4) is 0 Å². The summed E-state index contributed by atoms with van der Waals surface area (Å²) < 4.78 is 55.0. The minimum atomic E-state index is -2.78. The van der Waals surface area contributed by atoms with E-state index in [1.165, 1.54) is 4.57 Å². The van der Waals surface area contributed by atoms with E-state index in [1.54, 1.807) is 31.4 Å². The quantitative estimate of drug-likeness (QED) is 0.458. The molecule has 0 radical (unpaired) electrons. The van der Waals surface area contributed by atoms with Gasteiger partial charge in [-0.25, -0.2) is 27.5 Å². The molecule has 0 fully saturated rings. The Morgan fingerprint density at radius 3 is 2.10 bits per heavy atom. The highest BCUT2D eigenvalue weighted by molar-refractivity contribution is 9.10. The van der Waals surface area contributed by atoms with Crippen molar-refractivity contribution in [1.82, 2.24) is 19.5 Å². The highest BCUT2D eigenvalue weighted by atomic mass is 79.9. The van der Waals surface area contributed by atoms with Gasteiger partial charge in [0.05, 0.1) is 26.3 Å². The van der Waals surface area contributed by atoms with Crippen LogP contribution >= 0.6 is 31.9 Å². The highest BCUT2D eigenvalue weighted by Crippen LogP contribution is 2.22. The van der Waals surface area contributed by atoms with Gasteiger partial charge in [-0.15, -0.1) is 0 Å². The summed E-state index contributed by atoms with van der Waals surface area (Å²) in [5.74, 6) is 0.702. The highest BCUT2D eigenvalue weighted by Gasteiger charge is 2.17. The second-order valence-electron chi connectivity index (χ2n) is 5.76. The Bertz CT molecular complexity index is 1140. The van der Waals surface area contributed by atoms with E-state index in [9.17, 15) is 27.2 Å². The van der Waals surface area contributed by atoms with Gasteiger partial charge in [0.25, 0.3) is 24.0 Å². The SMILES string of the molecule is COc1ccc(Cn2cnc(C(F)F)c(Br)c2=O)cc1.O=c1[nH]cnc(C(F)F)c1Br. The van der Waals surface area contributed by atoms with E-state index in [-0.39, 0.29) is 15.5 Å². The fourth-order valence-corrected chi connectivity index (χ4v) is 3.11. The first-order chi connectivity index (χ1) is 14.6. The van der Waals surface area contributed by atoms with Gasteiger partial charge in [0.15, 0.2) is 0 Å². The van der Waals surface area contributed by atoms with Gasteiger partial charge < -0.3 is 9.72 Å². The molecule has 0 aliphatic rings. The van der Waals surface area contributed by atoms with Crippen molar-refractivity contribution in [2.75, 3.05) is 7.11 Å². The molecule has 13 heteroatoms. The Kier molecular flexibility index (Phi) is 8.92. The molecule has 166 valence electrons. The van der Waals surface area contributed by atoms with E-state index in [0.717, 1.165) is 18.2 Å². The van der Waals surface area contributed by atoms with Gasteiger partial charge >= 0.3 is 0 Å². The number of hydrogen-bond acceptors (Lipinski definition) is 5. The van der Waals surface area contributed by atoms with Gasteiger partial charge in [0.2, 0.25) is 0 Å². The molecule has 0 amide bonds. The van der Waals surface area contributed by atoms with Crippen molar-refractivity contribution in [2.24, 2.45) is 0 Å². The third-order valence-electron chi connectivity index (χ3n) is 3.76. The normalized spacial score (nSPS) is 10.7. The molecule has 0 saturated carbocycles. The maximum absolute atomic E-state index is 12.6. The van der Waals surface area contributed by atoms with E-state index in [4.69, 9.17) is 4.74 Å². The number of aromatic amines is 1. The number of rotatable bonds is 5. The zero-order valence-electron chi connectivity index (χ0n) is 15.7. The number of ether oxygens (including phenoxy) is 1. The predicted molar refractivity (Wildman–Crippen MR) is 111 cm³/mol. The van der Waals surface area contributed by atoms with Crippen LogP contribution in [0.5, 0.6) is 5.75 Å². The molecule has 3 rings (SSSR count). The average molecular weight is 570 g/mol. The molecule has 0 saturated heterocycles. The molecule has 2 heterocycles. The van der Waals surface area contributed by atoms with E-state index >= 15 is 0 Å². The van der Waals surface area contributed by atoms with Crippen molar-refractivity contribution in [2.45, 2.75) is 19.4 Å². The first-order valence-electron chi connectivity index (χ1n) is 8.32. The maximum Gasteiger partial charge on any atom is 0.281 e. The molecule has 3 aromatic rings. The molecule has 31 heavy (non-hydrogen) atoms. The number of benzene rings is 1. The third-order valence-corrected chi connectivity index (χ3v) is 5.27. The van der Waals surface area contributed by atoms with Crippen LogP contribution in [0.4, 0.5) is 17.6 Å². The van der Waals surface area contributed by atoms with Crippen molar-refractivity contribution in [3.63, 3.8) is 0 Å². The Morgan fingerprint density at radius 1 is 1.00 bits per heavy atom. The van der Waals surface area contributed by atoms with Crippen molar-refractivity contribution < 1.29 is 22.3 Å². The predicted octanol–water partition coefficient (Wildman–Crippen LogP) is 4.47. The van der Waals surface area contributed by atoms with Crippen molar-refractivity contribution in [3.05, 3.63) is 83.5 Å². The van der Waals surface area contributed by atoms with Crippen LogP contribution in [-0.2, 0) is 6.54 Å². The summed E-state index contributed by atoms with van der Waals surface area (Å²) in [6.45, 7) is 0.248. The fourth-order valence-electron chi connectivity index (χ4n) is 2.22. The molecule has 0 spiro atoms. The zero-order chi connectivity index (χ0) is 23.1. The van der Waals surface area contributed by atoms with Gasteiger partial charge in [-0.05, 0) is 49.6 Å². The number of aromatic nitrogens is 4. The summed E-state index contributed by atoms with van der Waals surface area (Å²) in [5, 5.41) is 0. The van der Waals surface area contributed by atoms with Gasteiger partial charge in [0.1, 0.15) is 26.1 Å². The summed E-state index contributed by atoms with van der Waals surface area (Å²) >= 11 is 5.57. The van der Waals surface area contributed by atoms with Gasteiger partial charge in [0, 0.05) is 0 Å².